The van der Waals surface area contributed by atoms with E-state index in [1.807, 2.05) is 5.09 Å². The minimum absolute atomic E-state index is 0.0549. The molecule has 0 aliphatic carbocycles. The summed E-state index contributed by atoms with van der Waals surface area (Å²) in [6.07, 6.45) is -4.14. The van der Waals surface area contributed by atoms with Crippen LogP contribution in [0, 0.1) is 0 Å². The molecule has 9 N–H and O–H groups in total. The number of hydrogen-bond donors (Lipinski definition) is 8. The molecule has 204 valence electrons. The van der Waals surface area contributed by atoms with Crippen LogP contribution in [-0.2, 0) is 31.6 Å². The van der Waals surface area contributed by atoms with Crippen LogP contribution in [0.4, 0.5) is 5.95 Å². The molecule has 1 aliphatic rings. The summed E-state index contributed by atoms with van der Waals surface area (Å²) in [5, 5.41) is 22.6. The molecule has 2 aromatic rings. The molecule has 2 aromatic heterocycles. The lowest BCUT2D eigenvalue weighted by atomic mass is 10.1. The number of fused-ring (bicyclic) bond motifs is 1. The topological polar surface area (TPSA) is 291 Å². The predicted molar refractivity (Wildman–Crippen MR) is 119 cm³/mol. The normalized spacial score (nSPS) is 27.5. The van der Waals surface area contributed by atoms with Gasteiger partial charge in [-0.05, 0) is 6.42 Å². The lowest BCUT2D eigenvalue weighted by molar-refractivity contribution is -0.0503. The van der Waals surface area contributed by atoms with Crippen molar-refractivity contribution in [3.05, 3.63) is 16.7 Å². The van der Waals surface area contributed by atoms with Crippen molar-refractivity contribution in [2.45, 2.75) is 44.3 Å². The molecule has 3 heterocycles. The predicted octanol–water partition coefficient (Wildman–Crippen LogP) is -0.938. The smallest absolute Gasteiger partial charge is 0.387 e. The first-order valence-electron chi connectivity index (χ1n) is 10.2. The lowest BCUT2D eigenvalue weighted by Gasteiger charge is -2.20. The van der Waals surface area contributed by atoms with Crippen molar-refractivity contribution in [3.63, 3.8) is 0 Å². The standard InChI is InChI=1S/C14H25N6O13P3/c1-2-3-4-17-34(24,25)32-36(28,29)33-35(26,27)30-5-7-9(21)10(22)13(31-7)20-6-16-8-11(20)18-14(15)19-12(8)23/h6-7,9-10,13,21-22H,2-5H2,1H3,(H,26,27)(H,28,29)(H2,17,24,25)(H3,15,18,19,23). The second-order valence-electron chi connectivity index (χ2n) is 7.50. The van der Waals surface area contributed by atoms with E-state index >= 15 is 0 Å². The van der Waals surface area contributed by atoms with Crippen LogP contribution >= 0.6 is 23.4 Å². The number of anilines is 1. The van der Waals surface area contributed by atoms with Crippen molar-refractivity contribution >= 4 is 40.5 Å². The first-order chi connectivity index (χ1) is 16.6. The van der Waals surface area contributed by atoms with Crippen LogP contribution in [0.3, 0.4) is 0 Å². The third-order valence-corrected chi connectivity index (χ3v) is 9.19. The first kappa shape index (κ1) is 29.0. The fourth-order valence-electron chi connectivity index (χ4n) is 3.13. The molecular weight excluding hydrogens is 553 g/mol. The number of nitrogens with one attached hydrogen (secondary N) is 2. The van der Waals surface area contributed by atoms with Gasteiger partial charge in [-0.15, -0.1) is 0 Å². The number of nitrogens with two attached hydrogens (primary N) is 1. The third-order valence-electron chi connectivity index (χ3n) is 4.73. The van der Waals surface area contributed by atoms with Crippen LogP contribution in [0.1, 0.15) is 26.0 Å². The number of phosphoric ester groups is 1. The average Bonchev–Trinajstić information content (AvgIpc) is 3.26. The number of unbranched alkanes of at least 4 members (excludes halogenated alkanes) is 1. The van der Waals surface area contributed by atoms with Crippen molar-refractivity contribution in [3.8, 4) is 0 Å². The van der Waals surface area contributed by atoms with Gasteiger partial charge in [-0.25, -0.2) is 23.8 Å². The summed E-state index contributed by atoms with van der Waals surface area (Å²) in [7, 11) is -15.9. The number of ether oxygens (including phenoxy) is 1. The quantitative estimate of drug-likeness (QED) is 0.111. The number of aliphatic hydroxyl groups excluding tert-OH is 2. The van der Waals surface area contributed by atoms with E-state index in [0.29, 0.717) is 12.8 Å². The van der Waals surface area contributed by atoms with E-state index < -0.39 is 60.1 Å². The highest BCUT2D eigenvalue weighted by atomic mass is 31.3. The van der Waals surface area contributed by atoms with E-state index in [2.05, 4.69) is 28.1 Å². The minimum atomic E-state index is -5.59. The number of rotatable bonds is 12. The van der Waals surface area contributed by atoms with Crippen LogP contribution in [0.25, 0.3) is 11.2 Å². The van der Waals surface area contributed by atoms with Crippen molar-refractivity contribution in [2.75, 3.05) is 18.9 Å². The molecule has 1 fully saturated rings. The van der Waals surface area contributed by atoms with Gasteiger partial charge >= 0.3 is 23.4 Å². The molecule has 0 amide bonds. The summed E-state index contributed by atoms with van der Waals surface area (Å²) < 4.78 is 55.0. The number of imidazole rings is 1. The highest BCUT2D eigenvalue weighted by Gasteiger charge is 2.47. The second kappa shape index (κ2) is 11.0. The zero-order chi connectivity index (χ0) is 26.9. The van der Waals surface area contributed by atoms with E-state index in [1.54, 1.807) is 6.92 Å². The minimum Gasteiger partial charge on any atom is -0.387 e. The summed E-state index contributed by atoms with van der Waals surface area (Å²) in [4.78, 5) is 50.8. The van der Waals surface area contributed by atoms with Crippen LogP contribution in [0.2, 0.25) is 0 Å². The number of nitrogen functional groups attached to an aromatic ring is 1. The molecule has 19 nitrogen and oxygen atoms in total. The van der Waals surface area contributed by atoms with Crippen molar-refractivity contribution in [2.24, 2.45) is 0 Å². The molecule has 0 saturated carbocycles. The Kier molecular flexibility index (Phi) is 8.90. The molecule has 7 unspecified atom stereocenters. The Labute approximate surface area is 202 Å². The lowest BCUT2D eigenvalue weighted by Crippen LogP contribution is -2.33. The van der Waals surface area contributed by atoms with E-state index in [9.17, 15) is 43.4 Å². The number of aromatic amines is 1. The van der Waals surface area contributed by atoms with Crippen LogP contribution < -0.4 is 16.4 Å². The highest BCUT2D eigenvalue weighted by molar-refractivity contribution is 7.67. The molecule has 1 aliphatic heterocycles. The molecule has 0 bridgehead atoms. The molecule has 7 atom stereocenters. The third kappa shape index (κ3) is 7.05. The Bertz CT molecular complexity index is 1280. The maximum Gasteiger partial charge on any atom is 0.489 e. The zero-order valence-corrected chi connectivity index (χ0v) is 21.2. The van der Waals surface area contributed by atoms with Gasteiger partial charge in [-0.3, -0.25) is 18.9 Å². The van der Waals surface area contributed by atoms with E-state index in [4.69, 9.17) is 10.5 Å². The Balaban J connectivity index is 1.65. The Hall–Kier alpha value is -1.56. The molecule has 22 heteroatoms. The first-order valence-corrected chi connectivity index (χ1v) is 14.8. The van der Waals surface area contributed by atoms with Gasteiger partial charge in [-0.2, -0.15) is 13.6 Å². The van der Waals surface area contributed by atoms with E-state index in [1.165, 1.54) is 0 Å². The summed E-state index contributed by atoms with van der Waals surface area (Å²) in [5.74, 6) is -0.260. The molecule has 36 heavy (non-hydrogen) atoms. The highest BCUT2D eigenvalue weighted by Crippen LogP contribution is 2.66. The molecule has 0 spiro atoms. The summed E-state index contributed by atoms with van der Waals surface area (Å²) >= 11 is 0. The summed E-state index contributed by atoms with van der Waals surface area (Å²) in [5.41, 5.74) is 4.60. The zero-order valence-electron chi connectivity index (χ0n) is 18.5. The van der Waals surface area contributed by atoms with Crippen LogP contribution in [0.5, 0.6) is 0 Å². The molecule has 0 aromatic carbocycles. The number of aromatic nitrogens is 4. The molecule has 1 saturated heterocycles. The van der Waals surface area contributed by atoms with Gasteiger partial charge in [0, 0.05) is 6.54 Å². The maximum atomic E-state index is 12.1. The Morgan fingerprint density at radius 2 is 1.89 bits per heavy atom. The molecular formula is C14H25N6O13P3. The van der Waals surface area contributed by atoms with Crippen molar-refractivity contribution < 1.29 is 56.5 Å². The van der Waals surface area contributed by atoms with Gasteiger partial charge in [0.2, 0.25) is 5.95 Å². The SMILES string of the molecule is CCCCNP(=O)(O)OP(=O)(O)OP(=O)(O)OCC1OC(n2cnc3c(=O)[nH]c(N)nc32)C(O)C1O. The van der Waals surface area contributed by atoms with Crippen molar-refractivity contribution in [1.82, 2.24) is 24.6 Å². The number of aliphatic hydroxyl groups is 2. The van der Waals surface area contributed by atoms with E-state index in [-0.39, 0.29) is 23.7 Å². The average molecular weight is 578 g/mol. The Morgan fingerprint density at radius 3 is 2.56 bits per heavy atom. The number of nitrogens with zero attached hydrogens (tertiary/aromatic N) is 3. The van der Waals surface area contributed by atoms with Crippen molar-refractivity contribution in [1.29, 1.82) is 0 Å². The molecule has 0 radical (unpaired) electrons. The van der Waals surface area contributed by atoms with Crippen LogP contribution in [-0.4, -0.2) is 75.9 Å². The summed E-state index contributed by atoms with van der Waals surface area (Å²) in [6, 6.07) is 0. The Morgan fingerprint density at radius 1 is 1.19 bits per heavy atom. The van der Waals surface area contributed by atoms with E-state index in [0.717, 1.165) is 10.9 Å². The fraction of sp³-hybridized carbons (Fsp3) is 0.643. The number of hydrogen-bond acceptors (Lipinski definition) is 13. The van der Waals surface area contributed by atoms with Gasteiger partial charge in [0.1, 0.15) is 18.3 Å². The largest absolute Gasteiger partial charge is 0.489 e. The maximum absolute atomic E-state index is 12.1. The number of H-pyrrole nitrogens is 1. The summed E-state index contributed by atoms with van der Waals surface area (Å²) in [6.45, 7) is 0.763. The van der Waals surface area contributed by atoms with Gasteiger partial charge in [0.05, 0.1) is 12.9 Å². The number of phosphoric acid groups is 2. The van der Waals surface area contributed by atoms with Gasteiger partial charge in [0.15, 0.2) is 17.4 Å². The van der Waals surface area contributed by atoms with Gasteiger partial charge < -0.3 is 35.4 Å². The monoisotopic (exact) mass is 578 g/mol. The van der Waals surface area contributed by atoms with Gasteiger partial charge in [0.25, 0.3) is 5.56 Å². The second-order valence-corrected chi connectivity index (χ2v) is 12.3. The van der Waals surface area contributed by atoms with Crippen LogP contribution in [0.15, 0.2) is 11.1 Å². The fourth-order valence-corrected chi connectivity index (χ4v) is 6.87. The molecule has 3 rings (SSSR count). The van der Waals surface area contributed by atoms with Gasteiger partial charge in [-0.1, -0.05) is 13.3 Å².